The molecule has 3 nitrogen and oxygen atoms in total. The molecular formula is C25H19NO2. The summed E-state index contributed by atoms with van der Waals surface area (Å²) in [5.41, 5.74) is 4.74. The van der Waals surface area contributed by atoms with Crippen LogP contribution in [0.4, 0.5) is 5.69 Å². The van der Waals surface area contributed by atoms with Gasteiger partial charge in [0.25, 0.3) is 0 Å². The fraction of sp³-hybridized carbons (Fsp3) is 0.0400. The molecule has 1 N–H and O–H groups in total. The molecule has 136 valence electrons. The van der Waals surface area contributed by atoms with Gasteiger partial charge in [-0.25, -0.2) is 9.79 Å². The molecule has 0 spiro atoms. The number of benzene rings is 4. The van der Waals surface area contributed by atoms with Crippen LogP contribution in [0.25, 0.3) is 10.8 Å². The van der Waals surface area contributed by atoms with Crippen LogP contribution in [-0.4, -0.2) is 16.8 Å². The quantitative estimate of drug-likeness (QED) is 0.450. The molecule has 0 bridgehead atoms. The largest absolute Gasteiger partial charge is 0.478 e. The number of carboxylic acids is 1. The van der Waals surface area contributed by atoms with Crippen molar-refractivity contribution in [3.8, 4) is 0 Å². The number of fused-ring (bicyclic) bond motifs is 1. The van der Waals surface area contributed by atoms with Crippen molar-refractivity contribution in [2.24, 2.45) is 4.99 Å². The third-order valence-corrected chi connectivity index (χ3v) is 4.68. The molecule has 0 saturated carbocycles. The summed E-state index contributed by atoms with van der Waals surface area (Å²) in [5.74, 6) is -0.944. The molecular weight excluding hydrogens is 346 g/mol. The molecule has 0 amide bonds. The Labute approximate surface area is 163 Å². The van der Waals surface area contributed by atoms with E-state index in [4.69, 9.17) is 4.99 Å². The summed E-state index contributed by atoms with van der Waals surface area (Å²) in [4.78, 5) is 16.8. The SMILES string of the molecule is Cc1cccc(N=C(c2ccccc2)c2cccc3cccc(C(=O)O)c23)c1. The third-order valence-electron chi connectivity index (χ3n) is 4.68. The molecule has 0 aliphatic carbocycles. The number of hydrogen-bond donors (Lipinski definition) is 1. The van der Waals surface area contributed by atoms with E-state index in [0.29, 0.717) is 5.39 Å². The maximum Gasteiger partial charge on any atom is 0.336 e. The van der Waals surface area contributed by atoms with E-state index < -0.39 is 5.97 Å². The van der Waals surface area contributed by atoms with Crippen LogP contribution < -0.4 is 0 Å². The van der Waals surface area contributed by atoms with Crippen molar-refractivity contribution in [3.05, 3.63) is 113 Å². The zero-order chi connectivity index (χ0) is 19.5. The van der Waals surface area contributed by atoms with Gasteiger partial charge in [-0.3, -0.25) is 0 Å². The van der Waals surface area contributed by atoms with Crippen molar-refractivity contribution >= 4 is 28.1 Å². The van der Waals surface area contributed by atoms with E-state index in [1.807, 2.05) is 85.8 Å². The van der Waals surface area contributed by atoms with E-state index in [2.05, 4.69) is 0 Å². The minimum Gasteiger partial charge on any atom is -0.478 e. The summed E-state index contributed by atoms with van der Waals surface area (Å²) < 4.78 is 0. The number of aromatic carboxylic acids is 1. The average molecular weight is 365 g/mol. The topological polar surface area (TPSA) is 49.7 Å². The van der Waals surface area contributed by atoms with Crippen molar-refractivity contribution in [2.45, 2.75) is 6.92 Å². The molecule has 0 aliphatic rings. The van der Waals surface area contributed by atoms with Gasteiger partial charge < -0.3 is 5.11 Å². The fourth-order valence-corrected chi connectivity index (χ4v) is 3.42. The minimum atomic E-state index is -0.944. The molecule has 4 aromatic carbocycles. The molecule has 0 radical (unpaired) electrons. The van der Waals surface area contributed by atoms with E-state index in [9.17, 15) is 9.90 Å². The second kappa shape index (κ2) is 7.49. The molecule has 3 heteroatoms. The highest BCUT2D eigenvalue weighted by atomic mass is 16.4. The van der Waals surface area contributed by atoms with Gasteiger partial charge >= 0.3 is 5.97 Å². The number of aliphatic imine (C=N–C) groups is 1. The van der Waals surface area contributed by atoms with Gasteiger partial charge in [-0.2, -0.15) is 0 Å². The second-order valence-corrected chi connectivity index (χ2v) is 6.68. The summed E-state index contributed by atoms with van der Waals surface area (Å²) in [6.45, 7) is 2.03. The van der Waals surface area contributed by atoms with Gasteiger partial charge in [0.15, 0.2) is 0 Å². The molecule has 0 unspecified atom stereocenters. The summed E-state index contributed by atoms with van der Waals surface area (Å²) in [6.07, 6.45) is 0. The standard InChI is InChI=1S/C25H19NO2/c1-17-8-5-13-20(16-17)26-24(19-9-3-2-4-10-19)21-14-6-11-18-12-7-15-22(23(18)21)25(27)28/h2-16H,1H3,(H,27,28). The van der Waals surface area contributed by atoms with Gasteiger partial charge in [-0.1, -0.05) is 72.8 Å². The summed E-state index contributed by atoms with van der Waals surface area (Å²) >= 11 is 0. The first-order chi connectivity index (χ1) is 13.6. The van der Waals surface area contributed by atoms with Gasteiger partial charge in [0.2, 0.25) is 0 Å². The smallest absolute Gasteiger partial charge is 0.336 e. The van der Waals surface area contributed by atoms with Crippen LogP contribution in [0.5, 0.6) is 0 Å². The van der Waals surface area contributed by atoms with Gasteiger partial charge in [-0.15, -0.1) is 0 Å². The number of nitrogens with zero attached hydrogens (tertiary/aromatic N) is 1. The molecule has 0 atom stereocenters. The Kier molecular flexibility index (Phi) is 4.73. The molecule has 0 heterocycles. The Bertz CT molecular complexity index is 1190. The lowest BCUT2D eigenvalue weighted by Crippen LogP contribution is -2.07. The maximum absolute atomic E-state index is 11.9. The van der Waals surface area contributed by atoms with Crippen LogP contribution in [-0.2, 0) is 0 Å². The molecule has 4 rings (SSSR count). The van der Waals surface area contributed by atoms with Crippen LogP contribution in [0.15, 0.2) is 96.0 Å². The van der Waals surface area contributed by atoms with E-state index in [-0.39, 0.29) is 5.56 Å². The second-order valence-electron chi connectivity index (χ2n) is 6.68. The maximum atomic E-state index is 11.9. The zero-order valence-electron chi connectivity index (χ0n) is 15.5. The molecule has 0 aliphatic heterocycles. The molecule has 0 fully saturated rings. The van der Waals surface area contributed by atoms with Crippen molar-refractivity contribution in [2.75, 3.05) is 0 Å². The molecule has 4 aromatic rings. The average Bonchev–Trinajstić information content (AvgIpc) is 2.72. The Morgan fingerprint density at radius 3 is 2.14 bits per heavy atom. The Balaban J connectivity index is 2.05. The number of aryl methyl sites for hydroxylation is 1. The van der Waals surface area contributed by atoms with Crippen LogP contribution in [0.3, 0.4) is 0 Å². The van der Waals surface area contributed by atoms with Crippen LogP contribution in [0.1, 0.15) is 27.0 Å². The van der Waals surface area contributed by atoms with Crippen molar-refractivity contribution in [1.29, 1.82) is 0 Å². The minimum absolute atomic E-state index is 0.279. The lowest BCUT2D eigenvalue weighted by molar-refractivity contribution is 0.0699. The predicted octanol–water partition coefficient (Wildman–Crippen LogP) is 6.02. The molecule has 28 heavy (non-hydrogen) atoms. The van der Waals surface area contributed by atoms with Crippen molar-refractivity contribution in [1.82, 2.24) is 0 Å². The molecule has 0 aromatic heterocycles. The van der Waals surface area contributed by atoms with Crippen LogP contribution in [0, 0.1) is 6.92 Å². The summed E-state index contributed by atoms with van der Waals surface area (Å²) in [6, 6.07) is 29.0. The Morgan fingerprint density at radius 2 is 1.46 bits per heavy atom. The predicted molar refractivity (Wildman–Crippen MR) is 114 cm³/mol. The lowest BCUT2D eigenvalue weighted by Gasteiger charge is -2.13. The highest BCUT2D eigenvalue weighted by molar-refractivity contribution is 6.23. The normalized spacial score (nSPS) is 11.5. The lowest BCUT2D eigenvalue weighted by atomic mass is 9.93. The highest BCUT2D eigenvalue weighted by Gasteiger charge is 2.16. The van der Waals surface area contributed by atoms with Gasteiger partial charge in [0.1, 0.15) is 0 Å². The number of carbonyl (C=O) groups is 1. The van der Waals surface area contributed by atoms with E-state index in [0.717, 1.165) is 33.5 Å². The number of hydrogen-bond acceptors (Lipinski definition) is 2. The van der Waals surface area contributed by atoms with E-state index in [1.54, 1.807) is 12.1 Å². The van der Waals surface area contributed by atoms with Crippen LogP contribution >= 0.6 is 0 Å². The summed E-state index contributed by atoms with van der Waals surface area (Å²) in [5, 5.41) is 11.3. The van der Waals surface area contributed by atoms with E-state index in [1.165, 1.54) is 0 Å². The van der Waals surface area contributed by atoms with Gasteiger partial charge in [0.05, 0.1) is 17.0 Å². The third kappa shape index (κ3) is 3.42. The monoisotopic (exact) mass is 365 g/mol. The Morgan fingerprint density at radius 1 is 0.786 bits per heavy atom. The first-order valence-corrected chi connectivity index (χ1v) is 9.10. The van der Waals surface area contributed by atoms with Crippen molar-refractivity contribution < 1.29 is 9.90 Å². The van der Waals surface area contributed by atoms with Crippen LogP contribution in [0.2, 0.25) is 0 Å². The number of carboxylic acid groups (broad SMARTS) is 1. The highest BCUT2D eigenvalue weighted by Crippen LogP contribution is 2.28. The van der Waals surface area contributed by atoms with Gasteiger partial charge in [0, 0.05) is 16.5 Å². The van der Waals surface area contributed by atoms with Crippen molar-refractivity contribution in [3.63, 3.8) is 0 Å². The summed E-state index contributed by atoms with van der Waals surface area (Å²) in [7, 11) is 0. The first-order valence-electron chi connectivity index (χ1n) is 9.10. The Hall–Kier alpha value is -3.72. The number of rotatable bonds is 4. The van der Waals surface area contributed by atoms with Gasteiger partial charge in [-0.05, 0) is 36.1 Å². The molecule has 0 saturated heterocycles. The zero-order valence-corrected chi connectivity index (χ0v) is 15.5. The fourth-order valence-electron chi connectivity index (χ4n) is 3.42. The first kappa shape index (κ1) is 17.7. The van der Waals surface area contributed by atoms with E-state index >= 15 is 0 Å².